The van der Waals surface area contributed by atoms with Gasteiger partial charge in [-0.05, 0) is 26.7 Å². The van der Waals surface area contributed by atoms with Crippen molar-refractivity contribution in [3.05, 3.63) is 12.7 Å². The molecule has 0 N–H and O–H groups in total. The first-order valence-corrected chi connectivity index (χ1v) is 4.53. The number of epoxide rings is 1. The van der Waals surface area contributed by atoms with Crippen LogP contribution in [0.3, 0.4) is 0 Å². The lowest BCUT2D eigenvalue weighted by Gasteiger charge is -2.22. The fourth-order valence-corrected chi connectivity index (χ4v) is 1.74. The Bertz CT molecular complexity index is 208. The van der Waals surface area contributed by atoms with Crippen molar-refractivity contribution in [1.29, 1.82) is 0 Å². The molecule has 0 bridgehead atoms. The molecule has 2 heterocycles. The van der Waals surface area contributed by atoms with Crippen molar-refractivity contribution in [2.45, 2.75) is 44.0 Å². The highest BCUT2D eigenvalue weighted by atomic mass is 16.6. The standard InChI is InChI=1S/C10H16O2/c1-4-9(2)6-5-8(12-9)10(3)7-11-10/h4,8H,1,5-7H2,2-3H3. The van der Waals surface area contributed by atoms with Crippen molar-refractivity contribution >= 4 is 0 Å². The summed E-state index contributed by atoms with van der Waals surface area (Å²) in [6.07, 6.45) is 4.35. The Labute approximate surface area is 73.5 Å². The highest BCUT2D eigenvalue weighted by molar-refractivity contribution is 5.06. The molecule has 0 amide bonds. The highest BCUT2D eigenvalue weighted by Gasteiger charge is 2.52. The van der Waals surface area contributed by atoms with Gasteiger partial charge in [0.05, 0.1) is 18.3 Å². The van der Waals surface area contributed by atoms with Crippen molar-refractivity contribution in [3.8, 4) is 0 Å². The number of ether oxygens (including phenoxy) is 2. The largest absolute Gasteiger partial charge is 0.367 e. The van der Waals surface area contributed by atoms with Crippen LogP contribution in [-0.2, 0) is 9.47 Å². The molecule has 2 saturated heterocycles. The maximum Gasteiger partial charge on any atom is 0.115 e. The second-order valence-electron chi connectivity index (χ2n) is 4.26. The number of hydrogen-bond acceptors (Lipinski definition) is 2. The number of hydrogen-bond donors (Lipinski definition) is 0. The third kappa shape index (κ3) is 1.19. The van der Waals surface area contributed by atoms with Gasteiger partial charge in [0.15, 0.2) is 0 Å². The molecule has 68 valence electrons. The Morgan fingerprint density at radius 2 is 2.17 bits per heavy atom. The van der Waals surface area contributed by atoms with Crippen LogP contribution in [0.25, 0.3) is 0 Å². The summed E-state index contributed by atoms with van der Waals surface area (Å²) in [4.78, 5) is 0. The lowest BCUT2D eigenvalue weighted by atomic mass is 9.99. The Kier molecular flexibility index (Phi) is 1.61. The van der Waals surface area contributed by atoms with Crippen LogP contribution in [-0.4, -0.2) is 23.9 Å². The average molecular weight is 168 g/mol. The molecule has 3 unspecified atom stereocenters. The third-order valence-electron chi connectivity index (χ3n) is 3.03. The van der Waals surface area contributed by atoms with Gasteiger partial charge in [-0.3, -0.25) is 0 Å². The molecular weight excluding hydrogens is 152 g/mol. The van der Waals surface area contributed by atoms with Crippen molar-refractivity contribution in [3.63, 3.8) is 0 Å². The van der Waals surface area contributed by atoms with Crippen molar-refractivity contribution < 1.29 is 9.47 Å². The molecule has 2 heteroatoms. The van der Waals surface area contributed by atoms with Gasteiger partial charge < -0.3 is 9.47 Å². The molecule has 0 aromatic carbocycles. The molecule has 2 nitrogen and oxygen atoms in total. The molecule has 0 aliphatic carbocycles. The van der Waals surface area contributed by atoms with E-state index in [4.69, 9.17) is 9.47 Å². The highest BCUT2D eigenvalue weighted by Crippen LogP contribution is 2.42. The van der Waals surface area contributed by atoms with Gasteiger partial charge in [-0.15, -0.1) is 6.58 Å². The minimum atomic E-state index is -0.111. The van der Waals surface area contributed by atoms with Crippen LogP contribution in [0.1, 0.15) is 26.7 Å². The van der Waals surface area contributed by atoms with Crippen LogP contribution in [0, 0.1) is 0 Å². The van der Waals surface area contributed by atoms with E-state index in [-0.39, 0.29) is 17.3 Å². The summed E-state index contributed by atoms with van der Waals surface area (Å²) < 4.78 is 11.2. The Morgan fingerprint density at radius 3 is 2.58 bits per heavy atom. The summed E-state index contributed by atoms with van der Waals surface area (Å²) >= 11 is 0. The van der Waals surface area contributed by atoms with Gasteiger partial charge in [-0.25, -0.2) is 0 Å². The van der Waals surface area contributed by atoms with Gasteiger partial charge in [-0.1, -0.05) is 6.08 Å². The maximum atomic E-state index is 5.88. The zero-order chi connectivity index (χ0) is 8.82. The van der Waals surface area contributed by atoms with Crippen LogP contribution in [0.4, 0.5) is 0 Å². The van der Waals surface area contributed by atoms with E-state index in [2.05, 4.69) is 20.4 Å². The van der Waals surface area contributed by atoms with Crippen LogP contribution < -0.4 is 0 Å². The van der Waals surface area contributed by atoms with Crippen LogP contribution in [0.2, 0.25) is 0 Å². The molecule has 0 aromatic rings. The minimum Gasteiger partial charge on any atom is -0.367 e. The van der Waals surface area contributed by atoms with Crippen LogP contribution >= 0.6 is 0 Å². The first kappa shape index (κ1) is 8.27. The third-order valence-corrected chi connectivity index (χ3v) is 3.03. The van der Waals surface area contributed by atoms with Gasteiger partial charge in [0.1, 0.15) is 5.60 Å². The van der Waals surface area contributed by atoms with E-state index < -0.39 is 0 Å². The molecular formula is C10H16O2. The predicted molar refractivity (Wildman–Crippen MR) is 47.1 cm³/mol. The van der Waals surface area contributed by atoms with Crippen molar-refractivity contribution in [1.82, 2.24) is 0 Å². The Hall–Kier alpha value is -0.340. The molecule has 3 atom stereocenters. The van der Waals surface area contributed by atoms with Crippen LogP contribution in [0.5, 0.6) is 0 Å². The first-order valence-electron chi connectivity index (χ1n) is 4.53. The van der Waals surface area contributed by atoms with E-state index in [0.29, 0.717) is 0 Å². The van der Waals surface area contributed by atoms with Gasteiger partial charge in [0.25, 0.3) is 0 Å². The summed E-state index contributed by atoms with van der Waals surface area (Å²) in [6, 6.07) is 0. The van der Waals surface area contributed by atoms with Gasteiger partial charge >= 0.3 is 0 Å². The summed E-state index contributed by atoms with van der Waals surface area (Å²) in [5.74, 6) is 0. The smallest absolute Gasteiger partial charge is 0.115 e. The van der Waals surface area contributed by atoms with E-state index in [1.54, 1.807) is 0 Å². The van der Waals surface area contributed by atoms with E-state index in [1.165, 1.54) is 0 Å². The quantitative estimate of drug-likeness (QED) is 0.464. The van der Waals surface area contributed by atoms with E-state index >= 15 is 0 Å². The molecule has 0 spiro atoms. The average Bonchev–Trinajstić information content (AvgIpc) is 2.65. The fourth-order valence-electron chi connectivity index (χ4n) is 1.74. The predicted octanol–water partition coefficient (Wildman–Crippen LogP) is 1.90. The molecule has 12 heavy (non-hydrogen) atoms. The molecule has 2 aliphatic heterocycles. The normalized spacial score (nSPS) is 52.3. The minimum absolute atomic E-state index is 0.0147. The zero-order valence-electron chi connectivity index (χ0n) is 7.80. The Balaban J connectivity index is 2.02. The molecule has 2 aliphatic rings. The molecule has 0 aromatic heterocycles. The monoisotopic (exact) mass is 168 g/mol. The fraction of sp³-hybridized carbons (Fsp3) is 0.800. The molecule has 0 radical (unpaired) electrons. The van der Waals surface area contributed by atoms with E-state index in [9.17, 15) is 0 Å². The van der Waals surface area contributed by atoms with E-state index in [1.807, 2.05) is 6.08 Å². The lowest BCUT2D eigenvalue weighted by molar-refractivity contribution is -0.0296. The Morgan fingerprint density at radius 1 is 1.50 bits per heavy atom. The molecule has 2 rings (SSSR count). The maximum absolute atomic E-state index is 5.88. The second kappa shape index (κ2) is 2.33. The molecule has 0 saturated carbocycles. The van der Waals surface area contributed by atoms with Crippen molar-refractivity contribution in [2.24, 2.45) is 0 Å². The van der Waals surface area contributed by atoms with Gasteiger partial charge in [0.2, 0.25) is 0 Å². The topological polar surface area (TPSA) is 21.8 Å². The van der Waals surface area contributed by atoms with Gasteiger partial charge in [-0.2, -0.15) is 0 Å². The summed E-state index contributed by atoms with van der Waals surface area (Å²) in [7, 11) is 0. The summed E-state index contributed by atoms with van der Waals surface area (Å²) in [5, 5.41) is 0. The lowest BCUT2D eigenvalue weighted by Crippen LogP contribution is -2.30. The van der Waals surface area contributed by atoms with E-state index in [0.717, 1.165) is 19.4 Å². The number of rotatable bonds is 2. The van der Waals surface area contributed by atoms with Crippen molar-refractivity contribution in [2.75, 3.05) is 6.61 Å². The first-order chi connectivity index (χ1) is 5.58. The molecule has 2 fully saturated rings. The SMILES string of the molecule is C=CC1(C)CCC(C2(C)CO2)O1. The summed E-state index contributed by atoms with van der Waals surface area (Å²) in [6.45, 7) is 8.84. The van der Waals surface area contributed by atoms with Gasteiger partial charge in [0, 0.05) is 0 Å². The zero-order valence-corrected chi connectivity index (χ0v) is 7.80. The second-order valence-corrected chi connectivity index (χ2v) is 4.26. The van der Waals surface area contributed by atoms with Crippen LogP contribution in [0.15, 0.2) is 12.7 Å². The summed E-state index contributed by atoms with van der Waals surface area (Å²) in [5.41, 5.74) is -0.0968.